The SMILES string of the molecule is NC(=O)c1cccc2c1c1[c]cc(C(F)(F)F)cc1n2Cc1cccc2ccccc12. The first-order chi connectivity index (χ1) is 14.8. The van der Waals surface area contributed by atoms with Crippen LogP contribution < -0.4 is 5.73 Å². The molecular weight excluding hydrogens is 401 g/mol. The Kier molecular flexibility index (Phi) is 4.25. The van der Waals surface area contributed by atoms with E-state index in [9.17, 15) is 18.0 Å². The molecule has 0 aliphatic carbocycles. The van der Waals surface area contributed by atoms with E-state index in [-0.39, 0.29) is 5.56 Å². The number of hydrogen-bond acceptors (Lipinski definition) is 1. The number of carbonyl (C=O) groups is 1. The molecule has 1 heterocycles. The van der Waals surface area contributed by atoms with Crippen molar-refractivity contribution in [2.75, 3.05) is 0 Å². The monoisotopic (exact) mass is 417 g/mol. The molecule has 2 N–H and O–H groups in total. The van der Waals surface area contributed by atoms with Gasteiger partial charge in [0.1, 0.15) is 0 Å². The quantitative estimate of drug-likeness (QED) is 0.390. The minimum atomic E-state index is -4.50. The number of nitrogens with two attached hydrogens (primary N) is 1. The van der Waals surface area contributed by atoms with Gasteiger partial charge < -0.3 is 10.3 Å². The number of primary amides is 1. The molecule has 0 bridgehead atoms. The van der Waals surface area contributed by atoms with E-state index in [4.69, 9.17) is 5.73 Å². The second-order valence-corrected chi connectivity index (χ2v) is 7.43. The van der Waals surface area contributed by atoms with Crippen molar-refractivity contribution >= 4 is 38.5 Å². The van der Waals surface area contributed by atoms with E-state index in [2.05, 4.69) is 6.07 Å². The maximum atomic E-state index is 13.4. The number of amides is 1. The molecule has 1 amide bonds. The smallest absolute Gasteiger partial charge is 0.366 e. The van der Waals surface area contributed by atoms with Crippen molar-refractivity contribution in [2.45, 2.75) is 12.7 Å². The molecule has 153 valence electrons. The first-order valence-corrected chi connectivity index (χ1v) is 9.65. The van der Waals surface area contributed by atoms with Crippen LogP contribution in [0.1, 0.15) is 21.5 Å². The number of nitrogens with zero attached hydrogens (tertiary/aromatic N) is 1. The van der Waals surface area contributed by atoms with Crippen LogP contribution in [0.2, 0.25) is 0 Å². The molecular formula is C25H16F3N2O. The maximum Gasteiger partial charge on any atom is 0.416 e. The molecule has 0 aliphatic rings. The van der Waals surface area contributed by atoms with Gasteiger partial charge in [-0.05, 0) is 46.7 Å². The third kappa shape index (κ3) is 3.11. The van der Waals surface area contributed by atoms with Crippen LogP contribution in [0.4, 0.5) is 13.2 Å². The zero-order valence-electron chi connectivity index (χ0n) is 16.2. The minimum Gasteiger partial charge on any atom is -0.366 e. The van der Waals surface area contributed by atoms with Gasteiger partial charge in [-0.2, -0.15) is 13.2 Å². The Hall–Kier alpha value is -3.80. The van der Waals surface area contributed by atoms with Crippen molar-refractivity contribution in [3.8, 4) is 0 Å². The predicted octanol–water partition coefficient (Wildman–Crippen LogP) is 5.91. The lowest BCUT2D eigenvalue weighted by Gasteiger charge is -2.12. The topological polar surface area (TPSA) is 48.0 Å². The normalized spacial score (nSPS) is 12.1. The predicted molar refractivity (Wildman–Crippen MR) is 115 cm³/mol. The fourth-order valence-electron chi connectivity index (χ4n) is 4.20. The summed E-state index contributed by atoms with van der Waals surface area (Å²) in [5.41, 5.74) is 6.98. The lowest BCUT2D eigenvalue weighted by molar-refractivity contribution is -0.137. The number of halogens is 3. The molecule has 0 unspecified atom stereocenters. The van der Waals surface area contributed by atoms with Crippen LogP contribution >= 0.6 is 0 Å². The number of hydrogen-bond donors (Lipinski definition) is 1. The number of carbonyl (C=O) groups excluding carboxylic acids is 1. The Labute approximate surface area is 175 Å². The molecule has 0 aliphatic heterocycles. The molecule has 0 spiro atoms. The van der Waals surface area contributed by atoms with Crippen molar-refractivity contribution in [3.63, 3.8) is 0 Å². The zero-order valence-corrected chi connectivity index (χ0v) is 16.2. The van der Waals surface area contributed by atoms with Gasteiger partial charge in [0.15, 0.2) is 0 Å². The molecule has 31 heavy (non-hydrogen) atoms. The summed E-state index contributed by atoms with van der Waals surface area (Å²) in [5, 5.41) is 3.01. The molecule has 3 nitrogen and oxygen atoms in total. The van der Waals surface area contributed by atoms with E-state index in [1.54, 1.807) is 22.8 Å². The van der Waals surface area contributed by atoms with Crippen LogP contribution in [0.15, 0.2) is 72.8 Å². The Morgan fingerprint density at radius 3 is 2.48 bits per heavy atom. The summed E-state index contributed by atoms with van der Waals surface area (Å²) < 4.78 is 42.1. The van der Waals surface area contributed by atoms with Crippen molar-refractivity contribution in [1.29, 1.82) is 0 Å². The van der Waals surface area contributed by atoms with Gasteiger partial charge in [0, 0.05) is 22.9 Å². The first-order valence-electron chi connectivity index (χ1n) is 9.65. The van der Waals surface area contributed by atoms with Gasteiger partial charge in [-0.15, -0.1) is 0 Å². The second-order valence-electron chi connectivity index (χ2n) is 7.43. The highest BCUT2D eigenvalue weighted by atomic mass is 19.4. The largest absolute Gasteiger partial charge is 0.416 e. The van der Waals surface area contributed by atoms with Gasteiger partial charge in [-0.25, -0.2) is 0 Å². The van der Waals surface area contributed by atoms with E-state index >= 15 is 0 Å². The van der Waals surface area contributed by atoms with Gasteiger partial charge in [0.2, 0.25) is 5.91 Å². The van der Waals surface area contributed by atoms with Gasteiger partial charge >= 0.3 is 6.18 Å². The molecule has 1 aromatic heterocycles. The first kappa shape index (κ1) is 19.2. The molecule has 4 aromatic carbocycles. The second kappa shape index (κ2) is 6.87. The van der Waals surface area contributed by atoms with E-state index < -0.39 is 17.6 Å². The van der Waals surface area contributed by atoms with E-state index in [0.29, 0.717) is 28.4 Å². The van der Waals surface area contributed by atoms with Crippen LogP contribution in [0, 0.1) is 6.07 Å². The number of fused-ring (bicyclic) bond motifs is 4. The molecule has 0 saturated heterocycles. The number of rotatable bonds is 3. The third-order valence-electron chi connectivity index (χ3n) is 5.60. The molecule has 0 atom stereocenters. The van der Waals surface area contributed by atoms with Crippen LogP contribution in [0.25, 0.3) is 32.6 Å². The van der Waals surface area contributed by atoms with Crippen LogP contribution in [0.3, 0.4) is 0 Å². The fourth-order valence-corrected chi connectivity index (χ4v) is 4.20. The Bertz CT molecular complexity index is 1480. The van der Waals surface area contributed by atoms with Crippen molar-refractivity contribution in [1.82, 2.24) is 4.57 Å². The standard InChI is InChI=1S/C25H16F3N2O/c26-25(27,28)17-11-12-19-22(13-17)30(21-10-4-9-20(23(19)21)24(29)31)14-16-7-3-6-15-5-1-2-8-18(15)16/h1-11,13H,14H2,(H2,29,31). The van der Waals surface area contributed by atoms with E-state index in [0.717, 1.165) is 28.5 Å². The Morgan fingerprint density at radius 2 is 1.71 bits per heavy atom. The average Bonchev–Trinajstić information content (AvgIpc) is 3.06. The summed E-state index contributed by atoms with van der Waals surface area (Å²) in [5.74, 6) is -0.636. The molecule has 6 heteroatoms. The highest BCUT2D eigenvalue weighted by Gasteiger charge is 2.31. The lowest BCUT2D eigenvalue weighted by Crippen LogP contribution is -2.11. The Balaban J connectivity index is 1.84. The zero-order chi connectivity index (χ0) is 21.8. The van der Waals surface area contributed by atoms with Gasteiger partial charge in [0.05, 0.1) is 16.6 Å². The molecule has 5 rings (SSSR count). The third-order valence-corrected chi connectivity index (χ3v) is 5.60. The molecule has 5 aromatic rings. The number of benzene rings is 4. The summed E-state index contributed by atoms with van der Waals surface area (Å²) in [4.78, 5) is 12.0. The summed E-state index contributed by atoms with van der Waals surface area (Å²) in [6, 6.07) is 23.6. The summed E-state index contributed by atoms with van der Waals surface area (Å²) in [6.07, 6.45) is -4.50. The Morgan fingerprint density at radius 1 is 0.968 bits per heavy atom. The molecule has 1 radical (unpaired) electrons. The summed E-state index contributed by atoms with van der Waals surface area (Å²) in [7, 11) is 0. The van der Waals surface area contributed by atoms with Crippen molar-refractivity contribution in [3.05, 3.63) is 95.6 Å². The van der Waals surface area contributed by atoms with E-state index in [1.165, 1.54) is 0 Å². The molecule has 0 saturated carbocycles. The maximum absolute atomic E-state index is 13.4. The van der Waals surface area contributed by atoms with E-state index in [1.807, 2.05) is 42.5 Å². The van der Waals surface area contributed by atoms with Crippen molar-refractivity contribution in [2.24, 2.45) is 5.73 Å². The fraction of sp³-hybridized carbons (Fsp3) is 0.0800. The highest BCUT2D eigenvalue weighted by Crippen LogP contribution is 2.37. The van der Waals surface area contributed by atoms with Crippen LogP contribution in [-0.2, 0) is 12.7 Å². The van der Waals surface area contributed by atoms with Crippen molar-refractivity contribution < 1.29 is 18.0 Å². The van der Waals surface area contributed by atoms with Gasteiger partial charge in [-0.1, -0.05) is 48.5 Å². The summed E-state index contributed by atoms with van der Waals surface area (Å²) >= 11 is 0. The highest BCUT2D eigenvalue weighted by molar-refractivity contribution is 6.17. The van der Waals surface area contributed by atoms with Crippen LogP contribution in [0.5, 0.6) is 0 Å². The number of aromatic nitrogens is 1. The summed E-state index contributed by atoms with van der Waals surface area (Å²) in [6.45, 7) is 0.332. The molecule has 0 fully saturated rings. The van der Waals surface area contributed by atoms with Crippen LogP contribution in [-0.4, -0.2) is 10.5 Å². The lowest BCUT2D eigenvalue weighted by atomic mass is 10.0. The average molecular weight is 417 g/mol. The minimum absolute atomic E-state index is 0.259. The number of alkyl halides is 3. The van der Waals surface area contributed by atoms with Gasteiger partial charge in [-0.3, -0.25) is 4.79 Å². The van der Waals surface area contributed by atoms with Gasteiger partial charge in [0.25, 0.3) is 0 Å².